The molecule has 0 unspecified atom stereocenters. The minimum Gasteiger partial charge on any atom is -0.491 e. The van der Waals surface area contributed by atoms with Gasteiger partial charge < -0.3 is 31.6 Å². The first kappa shape index (κ1) is 23.7. The number of hydrogen-bond donors (Lipinski definition) is 5. The Balaban J connectivity index is 2.35. The van der Waals surface area contributed by atoms with Gasteiger partial charge in [0, 0.05) is 18.9 Å². The Kier molecular flexibility index (Phi) is 8.38. The van der Waals surface area contributed by atoms with Gasteiger partial charge in [-0.25, -0.2) is 0 Å². The standard InChI is InChI=1S/C20H28N6O5/c1-11(2)9-14(16(21)27)24-20-25-18(15(17(22)28)19(29)26-20)23-12-5-4-6-13(10-12)31-8-7-30-3/h4-6,10-11,14H,7-9H2,1-3H3,(H2,21,27)(H2,22,28)(H3,23,24,25,26,29)/t14-/m1/s1. The molecule has 168 valence electrons. The largest absolute Gasteiger partial charge is 0.491 e. The number of primary amides is 2. The molecule has 1 aromatic heterocycles. The van der Waals surface area contributed by atoms with E-state index in [1.54, 1.807) is 31.4 Å². The van der Waals surface area contributed by atoms with Crippen molar-refractivity contribution in [2.45, 2.75) is 26.3 Å². The number of rotatable bonds is 12. The van der Waals surface area contributed by atoms with E-state index in [0.717, 1.165) is 0 Å². The first-order valence-electron chi connectivity index (χ1n) is 9.70. The van der Waals surface area contributed by atoms with Gasteiger partial charge in [0.15, 0.2) is 5.82 Å². The molecule has 0 aliphatic carbocycles. The summed E-state index contributed by atoms with van der Waals surface area (Å²) in [5.41, 5.74) is 10.2. The second-order valence-electron chi connectivity index (χ2n) is 7.23. The van der Waals surface area contributed by atoms with Crippen molar-refractivity contribution in [3.63, 3.8) is 0 Å². The molecule has 2 rings (SSSR count). The fourth-order valence-corrected chi connectivity index (χ4v) is 2.79. The van der Waals surface area contributed by atoms with Crippen LogP contribution in [0.25, 0.3) is 0 Å². The summed E-state index contributed by atoms with van der Waals surface area (Å²) in [5, 5.41) is 5.73. The van der Waals surface area contributed by atoms with Crippen LogP contribution < -0.4 is 32.4 Å². The van der Waals surface area contributed by atoms with E-state index in [9.17, 15) is 14.4 Å². The molecular formula is C20H28N6O5. The molecule has 2 aromatic rings. The third-order valence-corrected chi connectivity index (χ3v) is 4.18. The number of aromatic nitrogens is 2. The summed E-state index contributed by atoms with van der Waals surface area (Å²) in [7, 11) is 1.57. The summed E-state index contributed by atoms with van der Waals surface area (Å²) in [6.45, 7) is 4.64. The highest BCUT2D eigenvalue weighted by atomic mass is 16.5. The minimum absolute atomic E-state index is 0.0190. The lowest BCUT2D eigenvalue weighted by atomic mass is 10.0. The van der Waals surface area contributed by atoms with Gasteiger partial charge in [-0.05, 0) is 24.5 Å². The lowest BCUT2D eigenvalue weighted by Gasteiger charge is -2.18. The van der Waals surface area contributed by atoms with Crippen LogP contribution >= 0.6 is 0 Å². The number of nitrogens with two attached hydrogens (primary N) is 2. The number of methoxy groups -OCH3 is 1. The number of anilines is 3. The molecule has 11 heteroatoms. The second-order valence-corrected chi connectivity index (χ2v) is 7.23. The van der Waals surface area contributed by atoms with Crippen LogP contribution in [-0.4, -0.2) is 48.1 Å². The van der Waals surface area contributed by atoms with Crippen molar-refractivity contribution in [2.75, 3.05) is 31.0 Å². The summed E-state index contributed by atoms with van der Waals surface area (Å²) in [6, 6.07) is 6.09. The molecule has 1 atom stereocenters. The molecule has 1 heterocycles. The molecular weight excluding hydrogens is 404 g/mol. The highest BCUT2D eigenvalue weighted by molar-refractivity contribution is 5.98. The van der Waals surface area contributed by atoms with Gasteiger partial charge in [0.25, 0.3) is 11.5 Å². The molecule has 0 spiro atoms. The maximum Gasteiger partial charge on any atom is 0.267 e. The van der Waals surface area contributed by atoms with Gasteiger partial charge in [-0.1, -0.05) is 19.9 Å². The Hall–Kier alpha value is -3.60. The van der Waals surface area contributed by atoms with Gasteiger partial charge in [0.05, 0.1) is 6.61 Å². The van der Waals surface area contributed by atoms with Gasteiger partial charge in [-0.2, -0.15) is 4.98 Å². The molecule has 31 heavy (non-hydrogen) atoms. The average Bonchev–Trinajstić information content (AvgIpc) is 2.67. The number of benzene rings is 1. The van der Waals surface area contributed by atoms with Crippen molar-refractivity contribution in [1.82, 2.24) is 9.97 Å². The third kappa shape index (κ3) is 7.00. The van der Waals surface area contributed by atoms with E-state index in [4.69, 9.17) is 20.9 Å². The number of nitrogens with zero attached hydrogens (tertiary/aromatic N) is 1. The molecule has 2 amide bonds. The molecule has 0 fully saturated rings. The van der Waals surface area contributed by atoms with E-state index in [1.807, 2.05) is 13.8 Å². The maximum absolute atomic E-state index is 12.5. The van der Waals surface area contributed by atoms with Crippen LogP contribution in [0, 0.1) is 5.92 Å². The minimum atomic E-state index is -0.955. The van der Waals surface area contributed by atoms with Gasteiger partial charge in [-0.15, -0.1) is 0 Å². The quantitative estimate of drug-likeness (QED) is 0.308. The van der Waals surface area contributed by atoms with E-state index < -0.39 is 23.4 Å². The van der Waals surface area contributed by atoms with Crippen LogP contribution in [0.5, 0.6) is 5.75 Å². The smallest absolute Gasteiger partial charge is 0.267 e. The third-order valence-electron chi connectivity index (χ3n) is 4.18. The Labute approximate surface area is 179 Å². The Morgan fingerprint density at radius 2 is 1.97 bits per heavy atom. The summed E-state index contributed by atoms with van der Waals surface area (Å²) in [5.74, 6) is -0.915. The number of hydrogen-bond acceptors (Lipinski definition) is 8. The van der Waals surface area contributed by atoms with E-state index in [1.165, 1.54) is 0 Å². The molecule has 0 aliphatic heterocycles. The highest BCUT2D eigenvalue weighted by Crippen LogP contribution is 2.22. The molecule has 0 radical (unpaired) electrons. The zero-order valence-electron chi connectivity index (χ0n) is 17.7. The van der Waals surface area contributed by atoms with Crippen molar-refractivity contribution < 1.29 is 19.1 Å². The van der Waals surface area contributed by atoms with Gasteiger partial charge >= 0.3 is 0 Å². The van der Waals surface area contributed by atoms with E-state index in [-0.39, 0.29) is 23.2 Å². The maximum atomic E-state index is 12.5. The van der Waals surface area contributed by atoms with E-state index in [0.29, 0.717) is 31.1 Å². The topological polar surface area (TPSA) is 174 Å². The van der Waals surface area contributed by atoms with E-state index >= 15 is 0 Å². The first-order chi connectivity index (χ1) is 14.7. The average molecular weight is 432 g/mol. The highest BCUT2D eigenvalue weighted by Gasteiger charge is 2.21. The Morgan fingerprint density at radius 1 is 1.23 bits per heavy atom. The normalized spacial score (nSPS) is 11.7. The number of amides is 2. The Bertz CT molecular complexity index is 975. The summed E-state index contributed by atoms with van der Waals surface area (Å²) < 4.78 is 10.5. The van der Waals surface area contributed by atoms with Crippen LogP contribution in [0.4, 0.5) is 17.5 Å². The van der Waals surface area contributed by atoms with E-state index in [2.05, 4.69) is 20.6 Å². The first-order valence-corrected chi connectivity index (χ1v) is 9.70. The van der Waals surface area contributed by atoms with Gasteiger partial charge in [0.2, 0.25) is 11.9 Å². The predicted octanol–water partition coefficient (Wildman–Crippen LogP) is 0.950. The predicted molar refractivity (Wildman–Crippen MR) is 117 cm³/mol. The number of H-pyrrole nitrogens is 1. The molecule has 0 aliphatic rings. The summed E-state index contributed by atoms with van der Waals surface area (Å²) in [6.07, 6.45) is 0.431. The van der Waals surface area contributed by atoms with Crippen LogP contribution in [0.3, 0.4) is 0 Å². The number of aromatic amines is 1. The number of ether oxygens (including phenoxy) is 2. The van der Waals surface area contributed by atoms with Crippen LogP contribution in [0.1, 0.15) is 30.6 Å². The number of carbonyl (C=O) groups excluding carboxylic acids is 2. The molecule has 7 N–H and O–H groups in total. The lowest BCUT2D eigenvalue weighted by molar-refractivity contribution is -0.119. The van der Waals surface area contributed by atoms with Crippen molar-refractivity contribution in [3.8, 4) is 5.75 Å². The summed E-state index contributed by atoms with van der Waals surface area (Å²) >= 11 is 0. The van der Waals surface area contributed by atoms with Gasteiger partial charge in [0.1, 0.15) is 24.0 Å². The van der Waals surface area contributed by atoms with Crippen LogP contribution in [0.2, 0.25) is 0 Å². The van der Waals surface area contributed by atoms with Crippen molar-refractivity contribution in [2.24, 2.45) is 17.4 Å². The number of nitrogens with one attached hydrogen (secondary N) is 3. The lowest BCUT2D eigenvalue weighted by Crippen LogP contribution is -2.38. The van der Waals surface area contributed by atoms with Crippen molar-refractivity contribution in [1.29, 1.82) is 0 Å². The molecule has 0 bridgehead atoms. The molecule has 0 saturated carbocycles. The van der Waals surface area contributed by atoms with Crippen LogP contribution in [0.15, 0.2) is 29.1 Å². The van der Waals surface area contributed by atoms with Crippen LogP contribution in [-0.2, 0) is 9.53 Å². The fraction of sp³-hybridized carbons (Fsp3) is 0.400. The fourth-order valence-electron chi connectivity index (χ4n) is 2.79. The molecule has 11 nitrogen and oxygen atoms in total. The monoisotopic (exact) mass is 432 g/mol. The Morgan fingerprint density at radius 3 is 2.58 bits per heavy atom. The van der Waals surface area contributed by atoms with Gasteiger partial charge in [-0.3, -0.25) is 19.4 Å². The SMILES string of the molecule is COCCOc1cccc(Nc2nc(N[C@H](CC(C)C)C(N)=O)[nH]c(=O)c2C(N)=O)c1. The number of carbonyl (C=O) groups is 2. The second kappa shape index (κ2) is 11.0. The molecule has 1 aromatic carbocycles. The summed E-state index contributed by atoms with van der Waals surface area (Å²) in [4.78, 5) is 42.7. The van der Waals surface area contributed by atoms with Crippen molar-refractivity contribution >= 4 is 29.3 Å². The van der Waals surface area contributed by atoms with Crippen molar-refractivity contribution in [3.05, 3.63) is 40.2 Å². The zero-order chi connectivity index (χ0) is 23.0. The molecule has 0 saturated heterocycles. The zero-order valence-corrected chi connectivity index (χ0v) is 17.7.